The molecule has 1 aromatic heterocycles. The zero-order valence-corrected chi connectivity index (χ0v) is 23.2. The van der Waals surface area contributed by atoms with Crippen LogP contribution in [-0.4, -0.2) is 11.2 Å². The van der Waals surface area contributed by atoms with Crippen LogP contribution in [0.15, 0.2) is 57.4 Å². The number of hydrogen-bond donors (Lipinski definition) is 0. The second kappa shape index (κ2) is 8.79. The van der Waals surface area contributed by atoms with E-state index in [1.807, 2.05) is 31.1 Å². The molecule has 0 amide bonds. The highest BCUT2D eigenvalue weighted by Gasteiger charge is 2.29. The predicted molar refractivity (Wildman–Crippen MR) is 157 cm³/mol. The molecule has 0 atom stereocenters. The van der Waals surface area contributed by atoms with Crippen LogP contribution in [0.5, 0.6) is 0 Å². The smallest absolute Gasteiger partial charge is 0.0825 e. The monoisotopic (exact) mass is 490 g/mol. The van der Waals surface area contributed by atoms with E-state index in [2.05, 4.69) is 83.9 Å². The summed E-state index contributed by atoms with van der Waals surface area (Å²) in [4.78, 5) is 12.2. The number of rotatable bonds is 3. The molecule has 3 heteroatoms. The molecule has 5 rings (SSSR count). The molecule has 36 heavy (non-hydrogen) atoms. The first-order valence-electron chi connectivity index (χ1n) is 12.7. The van der Waals surface area contributed by atoms with Gasteiger partial charge in [0.2, 0.25) is 0 Å². The summed E-state index contributed by atoms with van der Waals surface area (Å²) in [6.07, 6.45) is 11.8. The van der Waals surface area contributed by atoms with Crippen molar-refractivity contribution in [2.24, 2.45) is 15.8 Å². The Bertz CT molecular complexity index is 1590. The molecular formula is C33H34N2S. The summed E-state index contributed by atoms with van der Waals surface area (Å²) in [5, 5.41) is 5.04. The van der Waals surface area contributed by atoms with Gasteiger partial charge in [0.25, 0.3) is 0 Å². The van der Waals surface area contributed by atoms with Crippen LogP contribution in [0.4, 0.5) is 5.69 Å². The van der Waals surface area contributed by atoms with Crippen LogP contribution in [0.3, 0.4) is 0 Å². The molecule has 0 aliphatic carbocycles. The fourth-order valence-electron chi connectivity index (χ4n) is 5.33. The molecule has 0 unspecified atom stereocenters. The highest BCUT2D eigenvalue weighted by molar-refractivity contribution is 8.00. The second-order valence-electron chi connectivity index (χ2n) is 12.2. The number of benzene rings is 3. The molecule has 2 heterocycles. The Labute approximate surface area is 219 Å². The van der Waals surface area contributed by atoms with Crippen molar-refractivity contribution in [2.45, 2.75) is 71.1 Å². The molecular weight excluding hydrogens is 456 g/mol. The SMILES string of the molecule is C#Cc1cc2c(c(CC(C)(C)C)c1/N=C\C)Sc1cc3cc(CC(C)(C)C)ccc3c3ccnc-2c13. The maximum absolute atomic E-state index is 6.02. The van der Waals surface area contributed by atoms with Crippen LogP contribution < -0.4 is 0 Å². The summed E-state index contributed by atoms with van der Waals surface area (Å²) in [5.41, 5.74) is 6.85. The molecule has 2 nitrogen and oxygen atoms in total. The maximum atomic E-state index is 6.02. The Hall–Kier alpha value is -3.09. The van der Waals surface area contributed by atoms with E-state index in [0.717, 1.165) is 35.3 Å². The molecule has 0 bridgehead atoms. The van der Waals surface area contributed by atoms with E-state index in [4.69, 9.17) is 16.4 Å². The average Bonchev–Trinajstić information content (AvgIpc) is 2.79. The van der Waals surface area contributed by atoms with Gasteiger partial charge in [0.1, 0.15) is 0 Å². The molecule has 1 aliphatic rings. The maximum Gasteiger partial charge on any atom is 0.0825 e. The van der Waals surface area contributed by atoms with Crippen LogP contribution in [0.25, 0.3) is 32.8 Å². The molecule has 1 aliphatic heterocycles. The van der Waals surface area contributed by atoms with Crippen molar-refractivity contribution >= 4 is 45.2 Å². The normalized spacial score (nSPS) is 13.4. The number of pyridine rings is 1. The van der Waals surface area contributed by atoms with E-state index in [-0.39, 0.29) is 10.8 Å². The third-order valence-electron chi connectivity index (χ3n) is 6.56. The lowest BCUT2D eigenvalue weighted by molar-refractivity contribution is 0.409. The van der Waals surface area contributed by atoms with Crippen molar-refractivity contribution in [2.75, 3.05) is 0 Å². The Kier molecular flexibility index (Phi) is 6.00. The van der Waals surface area contributed by atoms with Gasteiger partial charge < -0.3 is 0 Å². The van der Waals surface area contributed by atoms with Crippen LogP contribution in [0, 0.1) is 23.2 Å². The van der Waals surface area contributed by atoms with Crippen molar-refractivity contribution in [3.05, 3.63) is 59.3 Å². The molecule has 0 saturated heterocycles. The largest absolute Gasteiger partial charge is 0.260 e. The highest BCUT2D eigenvalue weighted by atomic mass is 32.2. The van der Waals surface area contributed by atoms with Gasteiger partial charge in [-0.25, -0.2) is 0 Å². The molecule has 4 aromatic rings. The average molecular weight is 491 g/mol. The van der Waals surface area contributed by atoms with Gasteiger partial charge in [0, 0.05) is 33.2 Å². The van der Waals surface area contributed by atoms with Gasteiger partial charge in [-0.3, -0.25) is 9.98 Å². The second-order valence-corrected chi connectivity index (χ2v) is 13.3. The number of aliphatic imine (C=N–C) groups is 1. The number of fused-ring (bicyclic) bond motifs is 4. The lowest BCUT2D eigenvalue weighted by atomic mass is 9.85. The summed E-state index contributed by atoms with van der Waals surface area (Å²) in [5.74, 6) is 2.92. The predicted octanol–water partition coefficient (Wildman–Crippen LogP) is 9.40. The molecule has 0 fully saturated rings. The Balaban J connectivity index is 1.82. The van der Waals surface area contributed by atoms with E-state index in [1.54, 1.807) is 0 Å². The standard InChI is InChI=1S/C33H34N2S/c1-9-21-16-25-30-28-24(13-14-35-30)23-12-11-20(18-32(3,4)5)15-22(23)17-27(28)36-31(25)26(19-33(6,7)8)29(21)34-10-2/h1,10-17H,18-19H2,2-8H3/b34-10-. The number of hydrogen-bond acceptors (Lipinski definition) is 3. The molecule has 0 radical (unpaired) electrons. The van der Waals surface area contributed by atoms with Crippen molar-refractivity contribution in [3.8, 4) is 23.6 Å². The van der Waals surface area contributed by atoms with Gasteiger partial charge in [-0.15, -0.1) is 6.42 Å². The van der Waals surface area contributed by atoms with Crippen LogP contribution in [0.2, 0.25) is 0 Å². The highest BCUT2D eigenvalue weighted by Crippen LogP contribution is 2.53. The van der Waals surface area contributed by atoms with Crippen LogP contribution in [-0.2, 0) is 12.8 Å². The Morgan fingerprint density at radius 1 is 0.972 bits per heavy atom. The number of nitrogens with zero attached hydrogens (tertiary/aromatic N) is 2. The lowest BCUT2D eigenvalue weighted by Gasteiger charge is -2.28. The number of aromatic nitrogens is 1. The first-order chi connectivity index (χ1) is 17.0. The summed E-state index contributed by atoms with van der Waals surface area (Å²) in [7, 11) is 0. The van der Waals surface area contributed by atoms with Gasteiger partial charge in [-0.05, 0) is 76.1 Å². The minimum atomic E-state index is 0.0878. The van der Waals surface area contributed by atoms with Gasteiger partial charge >= 0.3 is 0 Å². The van der Waals surface area contributed by atoms with Crippen molar-refractivity contribution in [1.29, 1.82) is 0 Å². The van der Waals surface area contributed by atoms with E-state index >= 15 is 0 Å². The van der Waals surface area contributed by atoms with Gasteiger partial charge in [0.05, 0.1) is 16.9 Å². The fourth-order valence-corrected chi connectivity index (χ4v) is 6.60. The van der Waals surface area contributed by atoms with Crippen molar-refractivity contribution in [1.82, 2.24) is 4.98 Å². The fraction of sp³-hybridized carbons (Fsp3) is 0.333. The summed E-state index contributed by atoms with van der Waals surface area (Å²) < 4.78 is 0. The first kappa shape index (κ1) is 24.6. The minimum Gasteiger partial charge on any atom is -0.260 e. The topological polar surface area (TPSA) is 25.2 Å². The number of terminal acetylenes is 1. The zero-order valence-electron chi connectivity index (χ0n) is 22.4. The van der Waals surface area contributed by atoms with Crippen molar-refractivity contribution in [3.63, 3.8) is 0 Å². The summed E-state index contributed by atoms with van der Waals surface area (Å²) in [6, 6.07) is 13.6. The van der Waals surface area contributed by atoms with Crippen LogP contribution in [0.1, 0.15) is 65.2 Å². The molecule has 182 valence electrons. The van der Waals surface area contributed by atoms with Gasteiger partial charge in [-0.1, -0.05) is 77.4 Å². The van der Waals surface area contributed by atoms with Gasteiger partial charge in [0.15, 0.2) is 0 Å². The Morgan fingerprint density at radius 2 is 1.72 bits per heavy atom. The third kappa shape index (κ3) is 4.44. The van der Waals surface area contributed by atoms with E-state index in [0.29, 0.717) is 0 Å². The first-order valence-corrected chi connectivity index (χ1v) is 13.5. The van der Waals surface area contributed by atoms with Gasteiger partial charge in [-0.2, -0.15) is 0 Å². The van der Waals surface area contributed by atoms with E-state index in [1.165, 1.54) is 42.5 Å². The molecule has 0 spiro atoms. The molecule has 0 saturated carbocycles. The van der Waals surface area contributed by atoms with Crippen molar-refractivity contribution < 1.29 is 0 Å². The Morgan fingerprint density at radius 3 is 2.39 bits per heavy atom. The molecule has 0 N–H and O–H groups in total. The van der Waals surface area contributed by atoms with Crippen LogP contribution >= 0.6 is 11.8 Å². The zero-order chi connectivity index (χ0) is 25.8. The summed E-state index contributed by atoms with van der Waals surface area (Å²) in [6.45, 7) is 15.6. The summed E-state index contributed by atoms with van der Waals surface area (Å²) >= 11 is 1.85. The molecule has 3 aromatic carbocycles. The van der Waals surface area contributed by atoms with E-state index in [9.17, 15) is 0 Å². The minimum absolute atomic E-state index is 0.0878. The third-order valence-corrected chi connectivity index (χ3v) is 7.77. The lowest BCUT2D eigenvalue weighted by Crippen LogP contribution is -2.12. The quantitative estimate of drug-likeness (QED) is 0.143. The van der Waals surface area contributed by atoms with E-state index < -0.39 is 0 Å².